The average Bonchev–Trinajstić information content (AvgIpc) is 2.59. The number of hydrogen-bond donors (Lipinski definition) is 2. The molecule has 1 saturated heterocycles. The van der Waals surface area contributed by atoms with E-state index >= 15 is 0 Å². The highest BCUT2D eigenvalue weighted by Gasteiger charge is 2.42. The minimum atomic E-state index is -4.76. The molecule has 1 aliphatic heterocycles. The summed E-state index contributed by atoms with van der Waals surface area (Å²) in [6.07, 6.45) is -1.79. The van der Waals surface area contributed by atoms with Gasteiger partial charge in [0.25, 0.3) is 5.91 Å². The summed E-state index contributed by atoms with van der Waals surface area (Å²) in [6.45, 7) is 4.28. The Hall–Kier alpha value is -2.25. The number of benzene rings is 1. The van der Waals surface area contributed by atoms with Crippen molar-refractivity contribution in [3.05, 3.63) is 29.8 Å². The zero-order valence-corrected chi connectivity index (χ0v) is 15.9. The third kappa shape index (κ3) is 4.97. The van der Waals surface area contributed by atoms with E-state index < -0.39 is 6.36 Å². The average molecular weight is 398 g/mol. The molecule has 1 aliphatic carbocycles. The van der Waals surface area contributed by atoms with E-state index in [1.807, 2.05) is 0 Å². The molecule has 4 atom stereocenters. The van der Waals surface area contributed by atoms with Crippen LogP contribution in [0.3, 0.4) is 0 Å². The molecule has 3 rings (SSSR count). The summed E-state index contributed by atoms with van der Waals surface area (Å²) in [5, 5.41) is 6.00. The highest BCUT2D eigenvalue weighted by Crippen LogP contribution is 2.39. The number of hydrogen-bond acceptors (Lipinski definition) is 3. The van der Waals surface area contributed by atoms with Crippen molar-refractivity contribution in [3.63, 3.8) is 0 Å². The first kappa shape index (κ1) is 20.5. The Morgan fingerprint density at radius 2 is 1.89 bits per heavy atom. The van der Waals surface area contributed by atoms with Crippen molar-refractivity contribution < 1.29 is 27.5 Å². The maximum absolute atomic E-state index is 12.4. The first-order valence-corrected chi connectivity index (χ1v) is 9.58. The smallest absolute Gasteiger partial charge is 0.406 e. The van der Waals surface area contributed by atoms with Gasteiger partial charge in [-0.2, -0.15) is 0 Å². The Labute approximate surface area is 162 Å². The largest absolute Gasteiger partial charge is 0.573 e. The molecule has 2 fully saturated rings. The molecular formula is C20H25F3N2O3. The molecule has 1 heterocycles. The number of carbonyl (C=O) groups is 2. The number of piperidine rings is 1. The normalized spacial score (nSPS) is 27.7. The van der Waals surface area contributed by atoms with E-state index in [0.29, 0.717) is 30.6 Å². The summed E-state index contributed by atoms with van der Waals surface area (Å²) in [5.74, 6) is 0.564. The fraction of sp³-hybridized carbons (Fsp3) is 0.600. The van der Waals surface area contributed by atoms with Gasteiger partial charge in [0.15, 0.2) is 0 Å². The van der Waals surface area contributed by atoms with E-state index in [2.05, 4.69) is 29.2 Å². The number of rotatable bonds is 4. The highest BCUT2D eigenvalue weighted by atomic mass is 19.4. The maximum atomic E-state index is 12.4. The fourth-order valence-electron chi connectivity index (χ4n) is 4.44. The predicted octanol–water partition coefficient (Wildman–Crippen LogP) is 3.64. The van der Waals surface area contributed by atoms with Crippen LogP contribution in [-0.4, -0.2) is 30.3 Å². The molecule has 4 unspecified atom stereocenters. The van der Waals surface area contributed by atoms with Crippen LogP contribution in [0.5, 0.6) is 5.75 Å². The lowest BCUT2D eigenvalue weighted by molar-refractivity contribution is -0.274. The van der Waals surface area contributed by atoms with Gasteiger partial charge in [-0.25, -0.2) is 0 Å². The van der Waals surface area contributed by atoms with Gasteiger partial charge >= 0.3 is 6.36 Å². The van der Waals surface area contributed by atoms with Gasteiger partial charge in [-0.1, -0.05) is 13.8 Å². The van der Waals surface area contributed by atoms with Gasteiger partial charge in [0.05, 0.1) is 0 Å². The monoisotopic (exact) mass is 398 g/mol. The Balaban J connectivity index is 1.59. The summed E-state index contributed by atoms with van der Waals surface area (Å²) in [6, 6.07) is 4.82. The number of nitrogens with one attached hydrogen (secondary N) is 2. The van der Waals surface area contributed by atoms with E-state index in [1.54, 1.807) is 0 Å². The molecule has 28 heavy (non-hydrogen) atoms. The van der Waals surface area contributed by atoms with Crippen molar-refractivity contribution in [3.8, 4) is 5.75 Å². The van der Waals surface area contributed by atoms with Crippen molar-refractivity contribution in [2.45, 2.75) is 58.0 Å². The van der Waals surface area contributed by atoms with Crippen LogP contribution in [0.15, 0.2) is 24.3 Å². The van der Waals surface area contributed by atoms with Crippen LogP contribution in [0, 0.1) is 17.8 Å². The third-order valence-electron chi connectivity index (χ3n) is 5.76. The van der Waals surface area contributed by atoms with E-state index in [-0.39, 0.29) is 35.2 Å². The molecule has 0 bridgehead atoms. The molecule has 0 spiro atoms. The molecule has 0 radical (unpaired) electrons. The molecule has 1 aromatic carbocycles. The Morgan fingerprint density at radius 3 is 2.50 bits per heavy atom. The lowest BCUT2D eigenvalue weighted by Crippen LogP contribution is -2.56. The summed E-state index contributed by atoms with van der Waals surface area (Å²) < 4.78 is 40.5. The summed E-state index contributed by atoms with van der Waals surface area (Å²) >= 11 is 0. The Morgan fingerprint density at radius 1 is 1.21 bits per heavy atom. The van der Waals surface area contributed by atoms with Gasteiger partial charge in [0.2, 0.25) is 5.91 Å². The molecule has 154 valence electrons. The van der Waals surface area contributed by atoms with Crippen LogP contribution in [0.1, 0.15) is 49.9 Å². The first-order chi connectivity index (χ1) is 13.1. The summed E-state index contributed by atoms with van der Waals surface area (Å²) in [4.78, 5) is 24.5. The fourth-order valence-corrected chi connectivity index (χ4v) is 4.44. The topological polar surface area (TPSA) is 67.4 Å². The third-order valence-corrected chi connectivity index (χ3v) is 5.76. The number of ether oxygens (including phenoxy) is 1. The van der Waals surface area contributed by atoms with Crippen LogP contribution in [0.25, 0.3) is 0 Å². The van der Waals surface area contributed by atoms with Crippen molar-refractivity contribution in [1.82, 2.24) is 10.6 Å². The SMILES string of the molecule is CC(C)C1CC(=O)NC2CC(NC(=O)c3ccc(OC(F)(F)F)cc3)CCC21. The highest BCUT2D eigenvalue weighted by molar-refractivity contribution is 5.94. The quantitative estimate of drug-likeness (QED) is 0.814. The van der Waals surface area contributed by atoms with Gasteiger partial charge in [-0.3, -0.25) is 9.59 Å². The first-order valence-electron chi connectivity index (χ1n) is 9.58. The number of fused-ring (bicyclic) bond motifs is 1. The van der Waals surface area contributed by atoms with Crippen LogP contribution in [-0.2, 0) is 4.79 Å². The molecule has 0 aromatic heterocycles. The van der Waals surface area contributed by atoms with Crippen LogP contribution < -0.4 is 15.4 Å². The molecule has 1 aromatic rings. The minimum Gasteiger partial charge on any atom is -0.406 e. The predicted molar refractivity (Wildman–Crippen MR) is 96.6 cm³/mol. The number of alkyl halides is 3. The van der Waals surface area contributed by atoms with E-state index in [4.69, 9.17) is 0 Å². The number of amides is 2. The molecule has 1 saturated carbocycles. The standard InChI is InChI=1S/C20H25F3N2O3/c1-11(2)16-10-18(26)25-17-9-13(5-8-15(16)17)24-19(27)12-3-6-14(7-4-12)28-20(21,22)23/h3-4,6-7,11,13,15-17H,5,8-10H2,1-2H3,(H,24,27)(H,25,26). The Kier molecular flexibility index (Phi) is 5.86. The van der Waals surface area contributed by atoms with Crippen molar-refractivity contribution in [2.75, 3.05) is 0 Å². The van der Waals surface area contributed by atoms with Crippen LogP contribution >= 0.6 is 0 Å². The van der Waals surface area contributed by atoms with E-state index in [0.717, 1.165) is 25.0 Å². The number of carbonyl (C=O) groups excluding carboxylic acids is 2. The van der Waals surface area contributed by atoms with Crippen molar-refractivity contribution >= 4 is 11.8 Å². The minimum absolute atomic E-state index is 0.0512. The van der Waals surface area contributed by atoms with Gasteiger partial charge in [-0.05, 0) is 61.3 Å². The molecule has 5 nitrogen and oxygen atoms in total. The maximum Gasteiger partial charge on any atom is 0.573 e. The van der Waals surface area contributed by atoms with Gasteiger partial charge < -0.3 is 15.4 Å². The number of halogens is 3. The second kappa shape index (κ2) is 8.01. The second-order valence-electron chi connectivity index (χ2n) is 8.01. The molecule has 2 aliphatic rings. The lowest BCUT2D eigenvalue weighted by Gasteiger charge is -2.45. The van der Waals surface area contributed by atoms with E-state index in [1.165, 1.54) is 12.1 Å². The summed E-state index contributed by atoms with van der Waals surface area (Å²) in [5.41, 5.74) is 0.268. The van der Waals surface area contributed by atoms with Gasteiger partial charge in [0, 0.05) is 24.1 Å². The summed E-state index contributed by atoms with van der Waals surface area (Å²) in [7, 11) is 0. The molecule has 2 N–H and O–H groups in total. The zero-order valence-electron chi connectivity index (χ0n) is 15.9. The zero-order chi connectivity index (χ0) is 20.5. The lowest BCUT2D eigenvalue weighted by atomic mass is 9.67. The molecular weight excluding hydrogens is 373 g/mol. The van der Waals surface area contributed by atoms with Crippen LogP contribution in [0.4, 0.5) is 13.2 Å². The van der Waals surface area contributed by atoms with E-state index in [9.17, 15) is 22.8 Å². The van der Waals surface area contributed by atoms with Gasteiger partial charge in [-0.15, -0.1) is 13.2 Å². The second-order valence-corrected chi connectivity index (χ2v) is 8.01. The van der Waals surface area contributed by atoms with Gasteiger partial charge in [0.1, 0.15) is 5.75 Å². The molecule has 8 heteroatoms. The van der Waals surface area contributed by atoms with Crippen LogP contribution in [0.2, 0.25) is 0 Å². The molecule has 2 amide bonds. The Bertz CT molecular complexity index is 718. The van der Waals surface area contributed by atoms with Crippen molar-refractivity contribution in [2.24, 2.45) is 17.8 Å². The van der Waals surface area contributed by atoms with Crippen molar-refractivity contribution in [1.29, 1.82) is 0 Å².